The predicted octanol–water partition coefficient (Wildman–Crippen LogP) is 3.86. The van der Waals surface area contributed by atoms with Gasteiger partial charge in [-0.1, -0.05) is 30.3 Å². The summed E-state index contributed by atoms with van der Waals surface area (Å²) >= 11 is 0. The molecule has 1 fully saturated rings. The molecule has 1 aliphatic rings. The maximum atomic E-state index is 12.7. The van der Waals surface area contributed by atoms with Crippen LogP contribution in [0.1, 0.15) is 12.0 Å². The van der Waals surface area contributed by atoms with Crippen molar-refractivity contribution >= 4 is 11.5 Å². The molecule has 1 aromatic carbocycles. The molecule has 0 saturated carbocycles. The zero-order chi connectivity index (χ0) is 21.4. The van der Waals surface area contributed by atoms with E-state index in [2.05, 4.69) is 20.1 Å². The monoisotopic (exact) mass is 426 g/mol. The molecule has 0 bridgehead atoms. The summed E-state index contributed by atoms with van der Waals surface area (Å²) in [5.74, 6) is 1.57. The molecule has 1 aliphatic heterocycles. The summed E-state index contributed by atoms with van der Waals surface area (Å²) in [6, 6.07) is 15.6. The number of ether oxygens (including phenoxy) is 1. The maximum absolute atomic E-state index is 12.7. The van der Waals surface area contributed by atoms with Crippen LogP contribution in [0, 0.1) is 0 Å². The van der Waals surface area contributed by atoms with Gasteiger partial charge in [-0.2, -0.15) is 17.7 Å². The summed E-state index contributed by atoms with van der Waals surface area (Å²) in [5.41, 5.74) is 0.757. The van der Waals surface area contributed by atoms with Gasteiger partial charge < -0.3 is 9.64 Å². The Kier molecular flexibility index (Phi) is 4.68. The summed E-state index contributed by atoms with van der Waals surface area (Å²) < 4.78 is 45.5. The largest absolute Gasteiger partial charge is 0.472 e. The number of fused-ring (bicyclic) bond motifs is 1. The number of anilines is 1. The van der Waals surface area contributed by atoms with Gasteiger partial charge in [0.25, 0.3) is 0 Å². The lowest BCUT2D eigenvalue weighted by molar-refractivity contribution is -0.137. The first-order valence-corrected chi connectivity index (χ1v) is 9.70. The number of hydrogen-bond acceptors (Lipinski definition) is 6. The third-order valence-corrected chi connectivity index (χ3v) is 5.10. The van der Waals surface area contributed by atoms with Crippen molar-refractivity contribution in [3.05, 3.63) is 66.4 Å². The summed E-state index contributed by atoms with van der Waals surface area (Å²) in [5, 5.41) is 13.1. The Morgan fingerprint density at radius 3 is 2.55 bits per heavy atom. The second kappa shape index (κ2) is 7.53. The van der Waals surface area contributed by atoms with Crippen LogP contribution >= 0.6 is 0 Å². The number of benzene rings is 1. The lowest BCUT2D eigenvalue weighted by Crippen LogP contribution is -2.26. The van der Waals surface area contributed by atoms with Crippen LogP contribution in [0.15, 0.2) is 60.8 Å². The highest BCUT2D eigenvalue weighted by atomic mass is 19.4. The zero-order valence-electron chi connectivity index (χ0n) is 16.2. The molecule has 0 aliphatic carbocycles. The summed E-state index contributed by atoms with van der Waals surface area (Å²) in [6.45, 7) is 1.25. The molecule has 4 aromatic rings. The molecule has 10 heteroatoms. The molecule has 31 heavy (non-hydrogen) atoms. The summed E-state index contributed by atoms with van der Waals surface area (Å²) in [6.07, 6.45) is -3.12. The topological polar surface area (TPSA) is 68.4 Å². The molecule has 4 heterocycles. The lowest BCUT2D eigenvalue weighted by atomic mass is 10.2. The van der Waals surface area contributed by atoms with Crippen LogP contribution in [0.2, 0.25) is 0 Å². The minimum Gasteiger partial charge on any atom is -0.472 e. The van der Waals surface area contributed by atoms with Crippen LogP contribution in [0.5, 0.6) is 5.88 Å². The lowest BCUT2D eigenvalue weighted by Gasteiger charge is -2.18. The Morgan fingerprint density at radius 1 is 0.968 bits per heavy atom. The molecule has 1 saturated heterocycles. The quantitative estimate of drug-likeness (QED) is 0.494. The highest BCUT2D eigenvalue weighted by molar-refractivity contribution is 5.59. The first-order chi connectivity index (χ1) is 15.0. The number of hydrogen-bond donors (Lipinski definition) is 0. The van der Waals surface area contributed by atoms with Crippen molar-refractivity contribution in [1.29, 1.82) is 0 Å². The number of nitrogens with zero attached hydrogens (tertiary/aromatic N) is 6. The van der Waals surface area contributed by atoms with Gasteiger partial charge in [-0.25, -0.2) is 4.98 Å². The molecule has 0 radical (unpaired) electrons. The van der Waals surface area contributed by atoms with Crippen molar-refractivity contribution in [2.45, 2.75) is 18.7 Å². The van der Waals surface area contributed by atoms with E-state index in [0.717, 1.165) is 23.6 Å². The first-order valence-electron chi connectivity index (χ1n) is 9.70. The second-order valence-electron chi connectivity index (χ2n) is 7.21. The molecule has 3 aromatic heterocycles. The van der Waals surface area contributed by atoms with Gasteiger partial charge >= 0.3 is 6.18 Å². The zero-order valence-corrected chi connectivity index (χ0v) is 16.2. The van der Waals surface area contributed by atoms with Gasteiger partial charge in [0.05, 0.1) is 12.1 Å². The molecule has 7 nitrogen and oxygen atoms in total. The van der Waals surface area contributed by atoms with Gasteiger partial charge in [0.15, 0.2) is 11.5 Å². The van der Waals surface area contributed by atoms with Crippen LogP contribution in [-0.2, 0) is 6.18 Å². The van der Waals surface area contributed by atoms with E-state index in [1.807, 2.05) is 42.5 Å². The van der Waals surface area contributed by atoms with Crippen LogP contribution < -0.4 is 9.64 Å². The molecule has 1 atom stereocenters. The predicted molar refractivity (Wildman–Crippen MR) is 107 cm³/mol. The average Bonchev–Trinajstić information content (AvgIpc) is 3.41. The Labute approximate surface area is 175 Å². The van der Waals surface area contributed by atoms with E-state index in [9.17, 15) is 13.2 Å². The minimum atomic E-state index is -4.42. The van der Waals surface area contributed by atoms with E-state index < -0.39 is 11.7 Å². The van der Waals surface area contributed by atoms with Crippen LogP contribution in [0.25, 0.3) is 17.0 Å². The molecule has 158 valence electrons. The Morgan fingerprint density at radius 2 is 1.81 bits per heavy atom. The second-order valence-corrected chi connectivity index (χ2v) is 7.21. The molecule has 0 spiro atoms. The fourth-order valence-corrected chi connectivity index (χ4v) is 3.54. The maximum Gasteiger partial charge on any atom is 0.417 e. The Balaban J connectivity index is 1.32. The number of rotatable bonds is 4. The molecular weight excluding hydrogens is 409 g/mol. The molecule has 0 N–H and O–H groups in total. The van der Waals surface area contributed by atoms with Crippen molar-refractivity contribution in [2.24, 2.45) is 0 Å². The van der Waals surface area contributed by atoms with Gasteiger partial charge in [0.1, 0.15) is 11.9 Å². The first kappa shape index (κ1) is 19.3. The van der Waals surface area contributed by atoms with E-state index in [0.29, 0.717) is 31.0 Å². The van der Waals surface area contributed by atoms with E-state index in [-0.39, 0.29) is 12.0 Å². The van der Waals surface area contributed by atoms with Crippen molar-refractivity contribution in [3.8, 4) is 17.3 Å². The van der Waals surface area contributed by atoms with E-state index >= 15 is 0 Å². The number of aromatic nitrogens is 5. The number of alkyl halides is 3. The SMILES string of the molecule is FC(F)(F)c1ccc(OC2CCN(c3ccc4nnc(-c5ccccc5)n4n3)C2)nc1. The molecule has 0 amide bonds. The van der Waals surface area contributed by atoms with Crippen LogP contribution in [0.3, 0.4) is 0 Å². The van der Waals surface area contributed by atoms with Gasteiger partial charge in [0.2, 0.25) is 5.88 Å². The standard InChI is InChI=1S/C21H17F3N6O/c22-21(23,24)15-6-9-19(25-12-15)31-16-10-11-29(13-16)18-8-7-17-26-27-20(30(17)28-18)14-4-2-1-3-5-14/h1-9,12,16H,10-11,13H2. The van der Waals surface area contributed by atoms with Gasteiger partial charge in [-0.15, -0.1) is 15.3 Å². The molecular formula is C21H17F3N6O. The third kappa shape index (κ3) is 3.88. The summed E-state index contributed by atoms with van der Waals surface area (Å²) in [4.78, 5) is 5.85. The van der Waals surface area contributed by atoms with Gasteiger partial charge in [0, 0.05) is 30.8 Å². The Bertz CT molecular complexity index is 1190. The normalized spacial score (nSPS) is 16.7. The Hall–Kier alpha value is -3.69. The van der Waals surface area contributed by atoms with Crippen LogP contribution in [0.4, 0.5) is 19.0 Å². The van der Waals surface area contributed by atoms with Crippen LogP contribution in [-0.4, -0.2) is 44.0 Å². The highest BCUT2D eigenvalue weighted by Crippen LogP contribution is 2.30. The van der Waals surface area contributed by atoms with Gasteiger partial charge in [-0.05, 0) is 18.2 Å². The minimum absolute atomic E-state index is 0.174. The smallest absolute Gasteiger partial charge is 0.417 e. The van der Waals surface area contributed by atoms with E-state index in [1.165, 1.54) is 6.07 Å². The third-order valence-electron chi connectivity index (χ3n) is 5.10. The number of halogens is 3. The van der Waals surface area contributed by atoms with Crippen molar-refractivity contribution in [2.75, 3.05) is 18.0 Å². The molecule has 1 unspecified atom stereocenters. The van der Waals surface area contributed by atoms with E-state index in [4.69, 9.17) is 9.84 Å². The number of pyridine rings is 1. The average molecular weight is 426 g/mol. The molecule has 5 rings (SSSR count). The fourth-order valence-electron chi connectivity index (χ4n) is 3.54. The van der Waals surface area contributed by atoms with Gasteiger partial charge in [-0.3, -0.25) is 0 Å². The fraction of sp³-hybridized carbons (Fsp3) is 0.238. The van der Waals surface area contributed by atoms with Crippen molar-refractivity contribution < 1.29 is 17.9 Å². The summed E-state index contributed by atoms with van der Waals surface area (Å²) in [7, 11) is 0. The van der Waals surface area contributed by atoms with E-state index in [1.54, 1.807) is 4.52 Å². The van der Waals surface area contributed by atoms with Crippen molar-refractivity contribution in [3.63, 3.8) is 0 Å². The van der Waals surface area contributed by atoms with Crippen molar-refractivity contribution in [1.82, 2.24) is 24.8 Å². The highest BCUT2D eigenvalue weighted by Gasteiger charge is 2.31.